The Morgan fingerprint density at radius 2 is 1.84 bits per heavy atom. The van der Waals surface area contributed by atoms with E-state index in [1.165, 1.54) is 0 Å². The molecular weight excluding hydrogens is 406 g/mol. The van der Waals surface area contributed by atoms with Crippen LogP contribution in [-0.4, -0.2) is 59.2 Å². The first-order valence-corrected chi connectivity index (χ1v) is 11.0. The van der Waals surface area contributed by atoms with Crippen LogP contribution in [0.4, 0.5) is 5.82 Å². The van der Waals surface area contributed by atoms with Crippen LogP contribution < -0.4 is 11.1 Å². The largest absolute Gasteiger partial charge is 0.383 e. The number of nitrogens with two attached hydrogens (primary N) is 1. The number of hydrogen-bond donors (Lipinski definition) is 2. The molecule has 2 aromatic rings. The summed E-state index contributed by atoms with van der Waals surface area (Å²) < 4.78 is 0. The number of pyridine rings is 1. The Kier molecular flexibility index (Phi) is 6.39. The highest BCUT2D eigenvalue weighted by Gasteiger charge is 2.36. The Morgan fingerprint density at radius 1 is 1.12 bits per heavy atom. The number of aromatic nitrogens is 1. The summed E-state index contributed by atoms with van der Waals surface area (Å²) in [5, 5.41) is 2.88. The summed E-state index contributed by atoms with van der Waals surface area (Å²) in [6.07, 6.45) is 1.88. The predicted molar refractivity (Wildman–Crippen MR) is 121 cm³/mol. The summed E-state index contributed by atoms with van der Waals surface area (Å²) in [5.41, 5.74) is 8.34. The molecule has 0 spiro atoms. The first-order chi connectivity index (χ1) is 15.4. The van der Waals surface area contributed by atoms with E-state index in [0.717, 1.165) is 24.1 Å². The second kappa shape index (κ2) is 9.38. The van der Waals surface area contributed by atoms with Crippen molar-refractivity contribution in [1.29, 1.82) is 0 Å². The third-order valence-electron chi connectivity index (χ3n) is 6.40. The van der Waals surface area contributed by atoms with E-state index in [4.69, 9.17) is 5.73 Å². The molecule has 1 aromatic carbocycles. The molecular formula is C24H29N5O3. The fraction of sp³-hybridized carbons (Fsp3) is 0.417. The number of rotatable bonds is 5. The Morgan fingerprint density at radius 3 is 2.47 bits per heavy atom. The maximum atomic E-state index is 12.7. The number of hydrogen-bond acceptors (Lipinski definition) is 5. The van der Waals surface area contributed by atoms with Crippen molar-refractivity contribution in [2.24, 2.45) is 5.92 Å². The van der Waals surface area contributed by atoms with Gasteiger partial charge in [0.25, 0.3) is 5.91 Å². The molecule has 8 nitrogen and oxygen atoms in total. The minimum atomic E-state index is -0.248. The highest BCUT2D eigenvalue weighted by molar-refractivity contribution is 5.98. The number of nitrogens with zero attached hydrogens (tertiary/aromatic N) is 3. The molecule has 0 saturated carbocycles. The smallest absolute Gasteiger partial charge is 0.255 e. The minimum absolute atomic E-state index is 0.0332. The number of amides is 3. The van der Waals surface area contributed by atoms with Crippen LogP contribution in [0.25, 0.3) is 0 Å². The van der Waals surface area contributed by atoms with Crippen molar-refractivity contribution in [1.82, 2.24) is 20.1 Å². The van der Waals surface area contributed by atoms with E-state index in [0.29, 0.717) is 38.2 Å². The number of anilines is 1. The van der Waals surface area contributed by atoms with E-state index in [9.17, 15) is 14.4 Å². The summed E-state index contributed by atoms with van der Waals surface area (Å²) >= 11 is 0. The summed E-state index contributed by atoms with van der Waals surface area (Å²) in [4.78, 5) is 45.0. The summed E-state index contributed by atoms with van der Waals surface area (Å²) in [5.74, 6) is 0.0352. The molecule has 3 amide bonds. The van der Waals surface area contributed by atoms with Gasteiger partial charge in [-0.3, -0.25) is 14.4 Å². The van der Waals surface area contributed by atoms with E-state index in [1.807, 2.05) is 41.3 Å². The zero-order valence-corrected chi connectivity index (χ0v) is 18.3. The minimum Gasteiger partial charge on any atom is -0.383 e. The average Bonchev–Trinajstić information content (AvgIpc) is 3.16. The van der Waals surface area contributed by atoms with E-state index >= 15 is 0 Å². The van der Waals surface area contributed by atoms with Crippen molar-refractivity contribution in [3.05, 3.63) is 59.3 Å². The van der Waals surface area contributed by atoms with Gasteiger partial charge in [-0.1, -0.05) is 30.3 Å². The van der Waals surface area contributed by atoms with Crippen molar-refractivity contribution >= 4 is 23.5 Å². The summed E-state index contributed by atoms with van der Waals surface area (Å²) in [6.45, 7) is 2.21. The molecule has 8 heteroatoms. The van der Waals surface area contributed by atoms with Crippen molar-refractivity contribution in [3.63, 3.8) is 0 Å². The van der Waals surface area contributed by atoms with Gasteiger partial charge in [-0.2, -0.15) is 0 Å². The number of benzene rings is 1. The van der Waals surface area contributed by atoms with Gasteiger partial charge in [0.2, 0.25) is 11.8 Å². The van der Waals surface area contributed by atoms with Gasteiger partial charge in [-0.15, -0.1) is 0 Å². The van der Waals surface area contributed by atoms with Gasteiger partial charge in [0, 0.05) is 51.3 Å². The maximum absolute atomic E-state index is 12.7. The van der Waals surface area contributed by atoms with Crippen LogP contribution in [0.3, 0.4) is 0 Å². The number of carbonyl (C=O) groups excluding carboxylic acids is 3. The number of nitrogen functional groups attached to an aromatic ring is 1. The molecule has 168 valence electrons. The van der Waals surface area contributed by atoms with Gasteiger partial charge in [-0.05, 0) is 30.5 Å². The molecule has 3 N–H and O–H groups in total. The second-order valence-corrected chi connectivity index (χ2v) is 8.61. The van der Waals surface area contributed by atoms with Crippen LogP contribution in [0.2, 0.25) is 0 Å². The number of carbonyl (C=O) groups is 3. The van der Waals surface area contributed by atoms with E-state index < -0.39 is 0 Å². The van der Waals surface area contributed by atoms with Gasteiger partial charge in [0.05, 0.1) is 11.5 Å². The fourth-order valence-electron chi connectivity index (χ4n) is 4.47. The Balaban J connectivity index is 1.32. The van der Waals surface area contributed by atoms with Gasteiger partial charge in [0.1, 0.15) is 5.82 Å². The molecule has 32 heavy (non-hydrogen) atoms. The van der Waals surface area contributed by atoms with E-state index in [1.54, 1.807) is 18.0 Å². The second-order valence-electron chi connectivity index (χ2n) is 8.61. The molecule has 1 atom stereocenters. The molecule has 2 aliphatic rings. The van der Waals surface area contributed by atoms with E-state index in [2.05, 4.69) is 10.3 Å². The van der Waals surface area contributed by atoms with Gasteiger partial charge >= 0.3 is 0 Å². The Labute approximate surface area is 187 Å². The van der Waals surface area contributed by atoms with Crippen LogP contribution >= 0.6 is 0 Å². The number of piperidine rings is 1. The van der Waals surface area contributed by atoms with E-state index in [-0.39, 0.29) is 35.4 Å². The molecule has 2 saturated heterocycles. The number of likely N-dealkylation sites (tertiary alicyclic amines) is 2. The SMILES string of the molecule is CN1CC(C(=O)N2CCC(c3ccc(C(=O)NCc4ccccc4)c(N)n3)CC2)CC1=O. The topological polar surface area (TPSA) is 109 Å². The van der Waals surface area contributed by atoms with Gasteiger partial charge in [0.15, 0.2) is 0 Å². The average molecular weight is 436 g/mol. The molecule has 1 aromatic heterocycles. The lowest BCUT2D eigenvalue weighted by Crippen LogP contribution is -2.42. The standard InChI is InChI=1S/C24H29N5O3/c1-28-15-18(13-21(28)30)24(32)29-11-9-17(10-12-29)20-8-7-19(22(25)27-20)23(31)26-14-16-5-3-2-4-6-16/h2-8,17-18H,9-15H2,1H3,(H2,25,27)(H,26,31). The monoisotopic (exact) mass is 435 g/mol. The van der Waals surface area contributed by atoms with Crippen LogP contribution in [0, 0.1) is 5.92 Å². The summed E-state index contributed by atoms with van der Waals surface area (Å²) in [7, 11) is 1.74. The highest BCUT2D eigenvalue weighted by Crippen LogP contribution is 2.29. The molecule has 0 bridgehead atoms. The first-order valence-electron chi connectivity index (χ1n) is 11.0. The lowest BCUT2D eigenvalue weighted by Gasteiger charge is -2.33. The molecule has 0 aliphatic carbocycles. The molecule has 2 aliphatic heterocycles. The van der Waals surface area contributed by atoms with Crippen molar-refractivity contribution < 1.29 is 14.4 Å². The lowest BCUT2D eigenvalue weighted by atomic mass is 9.91. The third-order valence-corrected chi connectivity index (χ3v) is 6.40. The van der Waals surface area contributed by atoms with Crippen LogP contribution in [0.5, 0.6) is 0 Å². The fourth-order valence-corrected chi connectivity index (χ4v) is 4.47. The molecule has 1 unspecified atom stereocenters. The normalized spacial score (nSPS) is 19.3. The molecule has 2 fully saturated rings. The predicted octanol–water partition coefficient (Wildman–Crippen LogP) is 1.78. The van der Waals surface area contributed by atoms with Crippen molar-refractivity contribution in [3.8, 4) is 0 Å². The van der Waals surface area contributed by atoms with Crippen LogP contribution in [0.15, 0.2) is 42.5 Å². The third kappa shape index (κ3) is 4.74. The maximum Gasteiger partial charge on any atom is 0.255 e. The first kappa shape index (κ1) is 21.8. The highest BCUT2D eigenvalue weighted by atomic mass is 16.2. The van der Waals surface area contributed by atoms with Crippen LogP contribution in [-0.2, 0) is 16.1 Å². The zero-order valence-electron chi connectivity index (χ0n) is 18.3. The Hall–Kier alpha value is -3.42. The quantitative estimate of drug-likeness (QED) is 0.744. The zero-order chi connectivity index (χ0) is 22.7. The Bertz CT molecular complexity index is 1000. The molecule has 3 heterocycles. The van der Waals surface area contributed by atoms with Crippen LogP contribution in [0.1, 0.15) is 46.8 Å². The lowest BCUT2D eigenvalue weighted by molar-refractivity contribution is -0.136. The molecule has 0 radical (unpaired) electrons. The summed E-state index contributed by atoms with van der Waals surface area (Å²) in [6, 6.07) is 13.3. The number of nitrogens with one attached hydrogen (secondary N) is 1. The van der Waals surface area contributed by atoms with Crippen molar-refractivity contribution in [2.75, 3.05) is 32.4 Å². The van der Waals surface area contributed by atoms with Gasteiger partial charge < -0.3 is 20.9 Å². The molecule has 4 rings (SSSR count). The van der Waals surface area contributed by atoms with Crippen molar-refractivity contribution in [2.45, 2.75) is 31.7 Å². The van der Waals surface area contributed by atoms with Gasteiger partial charge in [-0.25, -0.2) is 4.98 Å².